The zero-order valence-electron chi connectivity index (χ0n) is 7.46. The maximum Gasteiger partial charge on any atom is 0.129 e. The van der Waals surface area contributed by atoms with Gasteiger partial charge < -0.3 is 4.98 Å². The Labute approximate surface area is 68.4 Å². The van der Waals surface area contributed by atoms with E-state index < -0.39 is 0 Å². The predicted molar refractivity (Wildman–Crippen MR) is 49.2 cm³/mol. The van der Waals surface area contributed by atoms with Crippen LogP contribution in [0.5, 0.6) is 0 Å². The van der Waals surface area contributed by atoms with E-state index in [4.69, 9.17) is 0 Å². The summed E-state index contributed by atoms with van der Waals surface area (Å²) in [6.07, 6.45) is 5.12. The fourth-order valence-electron chi connectivity index (χ4n) is 0.389. The van der Waals surface area contributed by atoms with Gasteiger partial charge in [-0.25, -0.2) is 4.98 Å². The normalized spacial score (nSPS) is 8.73. The molecule has 0 radical (unpaired) electrons. The van der Waals surface area contributed by atoms with Crippen molar-refractivity contribution in [3.05, 3.63) is 24.8 Å². The van der Waals surface area contributed by atoms with Crippen LogP contribution in [0.25, 0.3) is 6.08 Å². The van der Waals surface area contributed by atoms with Crippen LogP contribution in [0.4, 0.5) is 0 Å². The highest BCUT2D eigenvalue weighted by Crippen LogP contribution is 1.86. The molecule has 11 heavy (non-hydrogen) atoms. The first-order valence-corrected chi connectivity index (χ1v) is 3.78. The summed E-state index contributed by atoms with van der Waals surface area (Å²) in [7, 11) is 0. The number of aromatic amines is 1. The standard InChI is InChI=1S/C5H6N2.C4H10/c1-2-5-6-3-4-7-5;1-4(2)3/h2-4H,1H2,(H,6,7);4H,1-3H3. The lowest BCUT2D eigenvalue weighted by molar-refractivity contribution is 0.737. The van der Waals surface area contributed by atoms with Crippen molar-refractivity contribution in [2.75, 3.05) is 0 Å². The third-order valence-corrected chi connectivity index (χ3v) is 0.713. The van der Waals surface area contributed by atoms with Gasteiger partial charge in [-0.15, -0.1) is 0 Å². The van der Waals surface area contributed by atoms with E-state index in [1.54, 1.807) is 18.5 Å². The fourth-order valence-corrected chi connectivity index (χ4v) is 0.389. The first-order valence-electron chi connectivity index (χ1n) is 3.78. The second-order valence-electron chi connectivity index (χ2n) is 2.91. The molecule has 0 aromatic carbocycles. The topological polar surface area (TPSA) is 28.7 Å². The molecule has 0 saturated heterocycles. The highest BCUT2D eigenvalue weighted by molar-refractivity contribution is 5.34. The molecule has 62 valence electrons. The van der Waals surface area contributed by atoms with E-state index in [1.807, 2.05) is 0 Å². The molecular formula is C9H16N2. The number of H-pyrrole nitrogens is 1. The van der Waals surface area contributed by atoms with E-state index in [9.17, 15) is 0 Å². The van der Waals surface area contributed by atoms with Gasteiger partial charge >= 0.3 is 0 Å². The SMILES string of the molecule is C=Cc1ncc[nH]1.CC(C)C. The molecule has 2 nitrogen and oxygen atoms in total. The van der Waals surface area contributed by atoms with Gasteiger partial charge in [0.2, 0.25) is 0 Å². The molecule has 0 aliphatic rings. The van der Waals surface area contributed by atoms with E-state index in [0.29, 0.717) is 0 Å². The zero-order chi connectivity index (χ0) is 8.69. The summed E-state index contributed by atoms with van der Waals surface area (Å²) >= 11 is 0. The van der Waals surface area contributed by atoms with Gasteiger partial charge in [0.15, 0.2) is 0 Å². The van der Waals surface area contributed by atoms with Crippen LogP contribution < -0.4 is 0 Å². The Kier molecular flexibility index (Phi) is 5.17. The molecule has 0 atom stereocenters. The Bertz CT molecular complexity index is 173. The maximum absolute atomic E-state index is 3.86. The molecule has 1 heterocycles. The number of aromatic nitrogens is 2. The molecule has 0 aliphatic heterocycles. The first kappa shape index (κ1) is 9.95. The molecule has 0 amide bonds. The third-order valence-electron chi connectivity index (χ3n) is 0.713. The van der Waals surface area contributed by atoms with Crippen molar-refractivity contribution in [3.8, 4) is 0 Å². The summed E-state index contributed by atoms with van der Waals surface area (Å²) in [5, 5.41) is 0. The van der Waals surface area contributed by atoms with Crippen LogP contribution in [0.1, 0.15) is 26.6 Å². The summed E-state index contributed by atoms with van der Waals surface area (Å²) in [5.74, 6) is 1.65. The number of nitrogens with one attached hydrogen (secondary N) is 1. The van der Waals surface area contributed by atoms with Gasteiger partial charge in [-0.3, -0.25) is 0 Å². The molecule has 1 N–H and O–H groups in total. The van der Waals surface area contributed by atoms with Crippen LogP contribution in [-0.4, -0.2) is 9.97 Å². The lowest BCUT2D eigenvalue weighted by Crippen LogP contribution is -1.67. The van der Waals surface area contributed by atoms with Gasteiger partial charge in [0.25, 0.3) is 0 Å². The van der Waals surface area contributed by atoms with Gasteiger partial charge in [-0.2, -0.15) is 0 Å². The number of hydrogen-bond donors (Lipinski definition) is 1. The van der Waals surface area contributed by atoms with Crippen LogP contribution in [0.15, 0.2) is 19.0 Å². The minimum Gasteiger partial charge on any atom is -0.345 e. The lowest BCUT2D eigenvalue weighted by Gasteiger charge is -1.79. The molecule has 1 rings (SSSR count). The minimum atomic E-state index is 0.819. The van der Waals surface area contributed by atoms with Crippen LogP contribution >= 0.6 is 0 Å². The molecule has 1 aromatic rings. The molecule has 0 bridgehead atoms. The molecule has 0 spiro atoms. The van der Waals surface area contributed by atoms with E-state index in [-0.39, 0.29) is 0 Å². The predicted octanol–water partition coefficient (Wildman–Crippen LogP) is 2.72. The van der Waals surface area contributed by atoms with E-state index in [2.05, 4.69) is 37.3 Å². The van der Waals surface area contributed by atoms with Gasteiger partial charge in [0.1, 0.15) is 5.82 Å². The summed E-state index contributed by atoms with van der Waals surface area (Å²) in [6, 6.07) is 0. The molecule has 2 heteroatoms. The number of hydrogen-bond acceptors (Lipinski definition) is 1. The van der Waals surface area contributed by atoms with Crippen molar-refractivity contribution in [1.82, 2.24) is 9.97 Å². The van der Waals surface area contributed by atoms with Gasteiger partial charge in [-0.05, 0) is 12.0 Å². The van der Waals surface area contributed by atoms with Crippen molar-refractivity contribution in [3.63, 3.8) is 0 Å². The van der Waals surface area contributed by atoms with E-state index in [1.165, 1.54) is 0 Å². The zero-order valence-corrected chi connectivity index (χ0v) is 7.46. The first-order chi connectivity index (χ1) is 5.16. The molecule has 0 saturated carbocycles. The minimum absolute atomic E-state index is 0.819. The van der Waals surface area contributed by atoms with Crippen molar-refractivity contribution < 1.29 is 0 Å². The van der Waals surface area contributed by atoms with Crippen molar-refractivity contribution >= 4 is 6.08 Å². The Morgan fingerprint density at radius 1 is 1.55 bits per heavy atom. The second kappa shape index (κ2) is 5.71. The lowest BCUT2D eigenvalue weighted by atomic mass is 10.3. The second-order valence-corrected chi connectivity index (χ2v) is 2.91. The highest BCUT2D eigenvalue weighted by Gasteiger charge is 1.78. The molecule has 0 unspecified atom stereocenters. The fraction of sp³-hybridized carbons (Fsp3) is 0.444. The smallest absolute Gasteiger partial charge is 0.129 e. The Morgan fingerprint density at radius 2 is 2.09 bits per heavy atom. The van der Waals surface area contributed by atoms with Crippen LogP contribution in [-0.2, 0) is 0 Å². The molecule has 1 aromatic heterocycles. The number of rotatable bonds is 1. The maximum atomic E-state index is 3.86. The summed E-state index contributed by atoms with van der Waals surface area (Å²) in [5.41, 5.74) is 0. The number of nitrogens with zero attached hydrogens (tertiary/aromatic N) is 1. The number of imidazole rings is 1. The van der Waals surface area contributed by atoms with Gasteiger partial charge in [-0.1, -0.05) is 27.4 Å². The summed E-state index contributed by atoms with van der Waals surface area (Å²) in [6.45, 7) is 10.0. The van der Waals surface area contributed by atoms with E-state index in [0.717, 1.165) is 11.7 Å². The summed E-state index contributed by atoms with van der Waals surface area (Å²) < 4.78 is 0. The van der Waals surface area contributed by atoms with Crippen LogP contribution in [0.2, 0.25) is 0 Å². The van der Waals surface area contributed by atoms with Crippen LogP contribution in [0.3, 0.4) is 0 Å². The Hall–Kier alpha value is -1.05. The largest absolute Gasteiger partial charge is 0.345 e. The Balaban J connectivity index is 0.000000218. The summed E-state index contributed by atoms with van der Waals surface area (Å²) in [4.78, 5) is 6.72. The van der Waals surface area contributed by atoms with Gasteiger partial charge in [0.05, 0.1) is 0 Å². The van der Waals surface area contributed by atoms with Crippen LogP contribution in [0, 0.1) is 5.92 Å². The monoisotopic (exact) mass is 152 g/mol. The Morgan fingerprint density at radius 3 is 2.27 bits per heavy atom. The van der Waals surface area contributed by atoms with Gasteiger partial charge in [0, 0.05) is 12.4 Å². The van der Waals surface area contributed by atoms with E-state index >= 15 is 0 Å². The molecule has 0 aliphatic carbocycles. The third kappa shape index (κ3) is 6.84. The van der Waals surface area contributed by atoms with Crippen molar-refractivity contribution in [2.45, 2.75) is 20.8 Å². The van der Waals surface area contributed by atoms with Crippen molar-refractivity contribution in [1.29, 1.82) is 0 Å². The highest BCUT2D eigenvalue weighted by atomic mass is 14.9. The molecular weight excluding hydrogens is 136 g/mol. The van der Waals surface area contributed by atoms with Crippen molar-refractivity contribution in [2.24, 2.45) is 5.92 Å². The average Bonchev–Trinajstić information content (AvgIpc) is 2.36. The molecule has 0 fully saturated rings. The average molecular weight is 152 g/mol. The quantitative estimate of drug-likeness (QED) is 0.658.